The normalized spacial score (nSPS) is 55.8. The number of ether oxygens (including phenoxy) is 3. The lowest BCUT2D eigenvalue weighted by Gasteiger charge is -2.68. The number of rotatable bonds is 3. The first-order valence-corrected chi connectivity index (χ1v) is 22.0. The molecule has 0 aromatic carbocycles. The number of fused-ring (bicyclic) bond motifs is 11. The topological polar surface area (TPSA) is 78.9 Å². The molecular formula is C47H66O6. The molecule has 0 radical (unpaired) electrons. The summed E-state index contributed by atoms with van der Waals surface area (Å²) in [7, 11) is 1.96. The van der Waals surface area contributed by atoms with E-state index < -0.39 is 0 Å². The van der Waals surface area contributed by atoms with E-state index in [1.165, 1.54) is 38.5 Å². The number of Topliss-reactive ketones (excluding diaryl/α,β-unsaturated/α-hetero) is 1. The van der Waals surface area contributed by atoms with Gasteiger partial charge < -0.3 is 14.2 Å². The molecular weight excluding hydrogens is 661 g/mol. The molecule has 9 saturated carbocycles. The Labute approximate surface area is 318 Å². The Morgan fingerprint density at radius 3 is 1.83 bits per heavy atom. The quantitative estimate of drug-likeness (QED) is 0.213. The maximum absolute atomic E-state index is 15.4. The Morgan fingerprint density at radius 2 is 1.26 bits per heavy atom. The van der Waals surface area contributed by atoms with Crippen molar-refractivity contribution in [2.75, 3.05) is 7.11 Å². The van der Waals surface area contributed by atoms with E-state index in [4.69, 9.17) is 14.2 Å². The lowest BCUT2D eigenvalue weighted by Crippen LogP contribution is -2.71. The highest BCUT2D eigenvalue weighted by atomic mass is 16.5. The van der Waals surface area contributed by atoms with Gasteiger partial charge in [-0.25, -0.2) is 0 Å². The predicted molar refractivity (Wildman–Crippen MR) is 202 cm³/mol. The van der Waals surface area contributed by atoms with Gasteiger partial charge in [-0.15, -0.1) is 0 Å². The molecule has 0 aromatic rings. The summed E-state index contributed by atoms with van der Waals surface area (Å²) in [6, 6.07) is 0. The van der Waals surface area contributed by atoms with Crippen molar-refractivity contribution in [3.63, 3.8) is 0 Å². The van der Waals surface area contributed by atoms with Crippen LogP contribution in [0.25, 0.3) is 0 Å². The van der Waals surface area contributed by atoms with Gasteiger partial charge in [0.15, 0.2) is 0 Å². The number of ketones is 1. The van der Waals surface area contributed by atoms with Crippen molar-refractivity contribution in [1.82, 2.24) is 0 Å². The zero-order valence-corrected chi connectivity index (χ0v) is 33.8. The highest BCUT2D eigenvalue weighted by Gasteiger charge is 2.83. The monoisotopic (exact) mass is 726 g/mol. The van der Waals surface area contributed by atoms with E-state index in [-0.39, 0.29) is 56.8 Å². The summed E-state index contributed by atoms with van der Waals surface area (Å²) in [4.78, 5) is 39.1. The van der Waals surface area contributed by atoms with Crippen LogP contribution in [0.2, 0.25) is 0 Å². The zero-order chi connectivity index (χ0) is 37.1. The molecule has 11 aliphatic rings. The van der Waals surface area contributed by atoms with Crippen LogP contribution < -0.4 is 0 Å². The lowest BCUT2D eigenvalue weighted by molar-refractivity contribution is -0.241. The van der Waals surface area contributed by atoms with Crippen molar-refractivity contribution < 1.29 is 28.6 Å². The van der Waals surface area contributed by atoms with E-state index in [1.54, 1.807) is 25.0 Å². The van der Waals surface area contributed by atoms with E-state index in [9.17, 15) is 9.59 Å². The summed E-state index contributed by atoms with van der Waals surface area (Å²) >= 11 is 0. The average Bonchev–Trinajstić information content (AvgIpc) is 3.58. The van der Waals surface area contributed by atoms with Gasteiger partial charge in [0.25, 0.3) is 0 Å². The van der Waals surface area contributed by atoms with Crippen LogP contribution >= 0.6 is 0 Å². The number of hydrogen-bond donors (Lipinski definition) is 0. The van der Waals surface area contributed by atoms with Crippen LogP contribution in [0.3, 0.4) is 0 Å². The van der Waals surface area contributed by atoms with Gasteiger partial charge in [0.05, 0.1) is 5.60 Å². The minimum absolute atomic E-state index is 0.0251. The molecule has 0 amide bonds. The third kappa shape index (κ3) is 4.29. The molecule has 290 valence electrons. The maximum atomic E-state index is 15.4. The van der Waals surface area contributed by atoms with Gasteiger partial charge in [0.2, 0.25) is 0 Å². The Balaban J connectivity index is 0.997. The van der Waals surface area contributed by atoms with Gasteiger partial charge in [0.1, 0.15) is 18.0 Å². The first kappa shape index (κ1) is 35.5. The number of hydrogen-bond acceptors (Lipinski definition) is 6. The van der Waals surface area contributed by atoms with Crippen molar-refractivity contribution in [3.05, 3.63) is 23.3 Å². The summed E-state index contributed by atoms with van der Waals surface area (Å²) in [6.45, 7) is 13.5. The molecule has 11 rings (SSSR count). The molecule has 53 heavy (non-hydrogen) atoms. The van der Waals surface area contributed by atoms with E-state index in [0.717, 1.165) is 57.8 Å². The van der Waals surface area contributed by atoms with Crippen LogP contribution in [-0.2, 0) is 28.6 Å². The maximum Gasteiger partial charge on any atom is 0.302 e. The van der Waals surface area contributed by atoms with Crippen molar-refractivity contribution in [2.45, 2.75) is 162 Å². The Kier molecular flexibility index (Phi) is 7.59. The van der Waals surface area contributed by atoms with Gasteiger partial charge in [0, 0.05) is 45.6 Å². The van der Waals surface area contributed by atoms with E-state index in [1.807, 2.05) is 7.11 Å². The van der Waals surface area contributed by atoms with Crippen molar-refractivity contribution in [2.24, 2.45) is 80.3 Å². The van der Waals surface area contributed by atoms with E-state index >= 15 is 4.79 Å². The highest BCUT2D eigenvalue weighted by molar-refractivity contribution is 5.90. The van der Waals surface area contributed by atoms with Crippen LogP contribution in [0, 0.1) is 80.3 Å². The van der Waals surface area contributed by atoms with Gasteiger partial charge in [-0.3, -0.25) is 14.4 Å². The van der Waals surface area contributed by atoms with Crippen molar-refractivity contribution in [1.29, 1.82) is 0 Å². The Hall–Kier alpha value is -1.95. The zero-order valence-electron chi connectivity index (χ0n) is 33.8. The second-order valence-corrected chi connectivity index (χ2v) is 21.7. The average molecular weight is 727 g/mol. The molecule has 9 fully saturated rings. The molecule has 0 aliphatic heterocycles. The summed E-state index contributed by atoms with van der Waals surface area (Å²) in [6.07, 6.45) is 22.5. The number of carbonyl (C=O) groups is 3. The third-order valence-corrected chi connectivity index (χ3v) is 20.4. The third-order valence-electron chi connectivity index (χ3n) is 20.4. The summed E-state index contributed by atoms with van der Waals surface area (Å²) < 4.78 is 18.4. The van der Waals surface area contributed by atoms with Gasteiger partial charge in [-0.05, 0) is 158 Å². The summed E-state index contributed by atoms with van der Waals surface area (Å²) in [5.41, 5.74) is 3.16. The SMILES string of the molecule is COC12CC(=O)C3(C(CC4C5CC=C6CC(OC(C)=O)CCC6(C)C5CCC43C)C1)C1CC3C4CC=C5CC(OC(C)=O)CCC5(C)C4CCC3(C)C12. The number of methoxy groups -OCH3 is 1. The molecule has 0 aromatic heterocycles. The van der Waals surface area contributed by atoms with Crippen LogP contribution in [-0.4, -0.2) is 42.6 Å². The number of esters is 2. The van der Waals surface area contributed by atoms with Crippen LogP contribution in [0.4, 0.5) is 0 Å². The van der Waals surface area contributed by atoms with Crippen LogP contribution in [0.5, 0.6) is 0 Å². The first-order valence-electron chi connectivity index (χ1n) is 22.0. The lowest BCUT2D eigenvalue weighted by atomic mass is 9.36. The van der Waals surface area contributed by atoms with Crippen LogP contribution in [0.15, 0.2) is 23.3 Å². The molecule has 2 bridgehead atoms. The fourth-order valence-corrected chi connectivity index (χ4v) is 18.8. The minimum Gasteiger partial charge on any atom is -0.462 e. The molecule has 0 heterocycles. The molecule has 17 atom stereocenters. The molecule has 6 nitrogen and oxygen atoms in total. The van der Waals surface area contributed by atoms with Gasteiger partial charge in [-0.2, -0.15) is 0 Å². The summed E-state index contributed by atoms with van der Waals surface area (Å²) in [5.74, 6) is 5.40. The predicted octanol–water partition coefficient (Wildman–Crippen LogP) is 9.59. The molecule has 1 spiro atoms. The summed E-state index contributed by atoms with van der Waals surface area (Å²) in [5, 5.41) is 0. The van der Waals surface area contributed by atoms with E-state index in [2.05, 4.69) is 39.8 Å². The molecule has 17 unspecified atom stereocenters. The second-order valence-electron chi connectivity index (χ2n) is 21.7. The molecule has 11 aliphatic carbocycles. The standard InChI is InChI=1S/C47H66O6/c1-26(48)52-31-12-16-42(3)28(20-31)8-10-33-35(42)14-18-44(5)37(33)23-39-41(44)46(51-7)24-30-22-38-34-11-9-29-21-32(53-27(2)49)13-17-43(29,4)36(34)15-19-45(38,6)47(30,39)40(50)25-46/h8-9,30-39,41H,10-25H2,1-7H3. The van der Waals surface area contributed by atoms with Crippen molar-refractivity contribution in [3.8, 4) is 0 Å². The van der Waals surface area contributed by atoms with Crippen molar-refractivity contribution >= 4 is 17.7 Å². The van der Waals surface area contributed by atoms with Crippen LogP contribution in [0.1, 0.15) is 144 Å². The number of allylic oxidation sites excluding steroid dienone is 2. The Morgan fingerprint density at radius 1 is 0.698 bits per heavy atom. The fourth-order valence-electron chi connectivity index (χ4n) is 18.8. The van der Waals surface area contributed by atoms with E-state index in [0.29, 0.717) is 65.5 Å². The smallest absolute Gasteiger partial charge is 0.302 e. The molecule has 0 N–H and O–H groups in total. The number of carbonyl (C=O) groups excluding carboxylic acids is 3. The molecule has 6 heteroatoms. The Bertz CT molecular complexity index is 1690. The first-order chi connectivity index (χ1) is 25.1. The second kappa shape index (κ2) is 11.3. The minimum atomic E-state index is -0.323. The van der Waals surface area contributed by atoms with Gasteiger partial charge >= 0.3 is 11.9 Å². The highest BCUT2D eigenvalue weighted by Crippen LogP contribution is 2.84. The fraction of sp³-hybridized carbons (Fsp3) is 0.851. The molecule has 0 saturated heterocycles. The largest absolute Gasteiger partial charge is 0.462 e. The van der Waals surface area contributed by atoms with Gasteiger partial charge in [-0.1, -0.05) is 51.0 Å².